The zero-order chi connectivity index (χ0) is 19.1. The Morgan fingerprint density at radius 2 is 2.15 bits per heavy atom. The minimum absolute atomic E-state index is 0.102. The third kappa shape index (κ3) is 5.35. The van der Waals surface area contributed by atoms with Crippen molar-refractivity contribution in [3.63, 3.8) is 0 Å². The lowest BCUT2D eigenvalue weighted by Crippen LogP contribution is -2.24. The number of rotatable bonds is 9. The van der Waals surface area contributed by atoms with Crippen LogP contribution < -0.4 is 10.1 Å². The van der Waals surface area contributed by atoms with E-state index in [0.717, 1.165) is 0 Å². The van der Waals surface area contributed by atoms with E-state index in [-0.39, 0.29) is 18.2 Å². The monoisotopic (exact) mass is 366 g/mol. The fourth-order valence-corrected chi connectivity index (χ4v) is 2.54. The molecule has 1 aromatic carbocycles. The summed E-state index contributed by atoms with van der Waals surface area (Å²) in [5.41, 5.74) is 0.170. The number of benzene rings is 1. The maximum Gasteiger partial charge on any atom is 0.220 e. The maximum atomic E-state index is 14.2. The third-order valence-electron chi connectivity index (χ3n) is 4.15. The molecular formula is C20H19FN4O2. The predicted molar refractivity (Wildman–Crippen MR) is 97.4 cm³/mol. The molecule has 1 aromatic heterocycles. The van der Waals surface area contributed by atoms with Crippen LogP contribution >= 0.6 is 0 Å². The number of halogens is 1. The number of nitrogens with one attached hydrogen (secondary N) is 1. The first kappa shape index (κ1) is 18.5. The Kier molecular flexibility index (Phi) is 5.77. The number of carbonyl (C=O) groups is 1. The summed E-state index contributed by atoms with van der Waals surface area (Å²) in [6.45, 7) is 0.231. The second kappa shape index (κ2) is 8.41. The normalized spacial score (nSPS) is 13.6. The first-order valence-electron chi connectivity index (χ1n) is 8.61. The minimum Gasteiger partial charge on any atom is -0.453 e. The van der Waals surface area contributed by atoms with E-state index in [9.17, 15) is 9.18 Å². The van der Waals surface area contributed by atoms with Crippen LogP contribution in [0.1, 0.15) is 31.2 Å². The van der Waals surface area contributed by atoms with Crippen molar-refractivity contribution in [2.75, 3.05) is 0 Å². The molecular weight excluding hydrogens is 347 g/mol. The quantitative estimate of drug-likeness (QED) is 0.682. The number of aromatic nitrogens is 1. The van der Waals surface area contributed by atoms with E-state index in [1.807, 2.05) is 0 Å². The lowest BCUT2D eigenvalue weighted by molar-refractivity contribution is -0.121. The maximum absolute atomic E-state index is 14.2. The van der Waals surface area contributed by atoms with Crippen LogP contribution in [0.5, 0.6) is 11.5 Å². The Bertz CT molecular complexity index is 871. The molecule has 0 fully saturated rings. The summed E-state index contributed by atoms with van der Waals surface area (Å²) < 4.78 is 19.6. The Morgan fingerprint density at radius 3 is 2.81 bits per heavy atom. The lowest BCUT2D eigenvalue weighted by Gasteiger charge is -2.10. The second-order valence-electron chi connectivity index (χ2n) is 6.22. The molecule has 1 aliphatic rings. The van der Waals surface area contributed by atoms with Crippen LogP contribution in [-0.4, -0.2) is 16.6 Å². The summed E-state index contributed by atoms with van der Waals surface area (Å²) in [6, 6.07) is 7.97. The van der Waals surface area contributed by atoms with Gasteiger partial charge in [0.2, 0.25) is 5.91 Å². The van der Waals surface area contributed by atoms with Gasteiger partial charge in [-0.15, -0.1) is 12.3 Å². The van der Waals surface area contributed by atoms with Crippen molar-refractivity contribution in [2.45, 2.75) is 37.9 Å². The smallest absolute Gasteiger partial charge is 0.220 e. The molecule has 7 heteroatoms. The molecule has 0 saturated heterocycles. The van der Waals surface area contributed by atoms with Gasteiger partial charge in [0.1, 0.15) is 5.75 Å². The highest BCUT2D eigenvalue weighted by Crippen LogP contribution is 2.37. The van der Waals surface area contributed by atoms with Gasteiger partial charge >= 0.3 is 0 Å². The largest absolute Gasteiger partial charge is 0.453 e. The molecule has 27 heavy (non-hydrogen) atoms. The van der Waals surface area contributed by atoms with Gasteiger partial charge in [-0.1, -0.05) is 6.07 Å². The van der Waals surface area contributed by atoms with E-state index in [1.54, 1.807) is 24.4 Å². The molecule has 2 heterocycles. The van der Waals surface area contributed by atoms with Gasteiger partial charge < -0.3 is 10.1 Å². The van der Waals surface area contributed by atoms with Crippen molar-refractivity contribution >= 4 is 5.91 Å². The van der Waals surface area contributed by atoms with E-state index in [1.165, 1.54) is 18.3 Å². The van der Waals surface area contributed by atoms with Crippen LogP contribution in [0.2, 0.25) is 0 Å². The number of hydrogen-bond donors (Lipinski definition) is 1. The molecule has 0 bridgehead atoms. The van der Waals surface area contributed by atoms with Crippen LogP contribution in [-0.2, 0) is 11.3 Å². The van der Waals surface area contributed by atoms with Gasteiger partial charge in [-0.3, -0.25) is 9.78 Å². The van der Waals surface area contributed by atoms with E-state index in [2.05, 4.69) is 26.4 Å². The highest BCUT2D eigenvalue weighted by molar-refractivity contribution is 5.76. The summed E-state index contributed by atoms with van der Waals surface area (Å²) in [5.74, 6) is 2.47. The van der Waals surface area contributed by atoms with E-state index in [0.29, 0.717) is 37.0 Å². The Balaban J connectivity index is 1.46. The predicted octanol–water partition coefficient (Wildman–Crippen LogP) is 3.98. The number of pyridine rings is 1. The lowest BCUT2D eigenvalue weighted by atomic mass is 10.0. The number of carbonyl (C=O) groups excluding carboxylic acids is 1. The molecule has 0 atom stereocenters. The SMILES string of the molecule is C#CCCC1(CCC(=O)NCc2ccc(Oc3cccnc3)c(F)c2)N=N1. The molecule has 0 spiro atoms. The minimum atomic E-state index is -0.505. The average Bonchev–Trinajstić information content (AvgIpc) is 3.46. The summed E-state index contributed by atoms with van der Waals surface area (Å²) in [7, 11) is 0. The molecule has 3 rings (SSSR count). The fraction of sp³-hybridized carbons (Fsp3) is 0.300. The zero-order valence-corrected chi connectivity index (χ0v) is 14.7. The molecule has 1 aliphatic heterocycles. The Morgan fingerprint density at radius 1 is 1.30 bits per heavy atom. The highest BCUT2D eigenvalue weighted by atomic mass is 19.1. The van der Waals surface area contributed by atoms with Gasteiger partial charge in [0.15, 0.2) is 17.2 Å². The van der Waals surface area contributed by atoms with E-state index < -0.39 is 11.5 Å². The van der Waals surface area contributed by atoms with Gasteiger partial charge in [-0.2, -0.15) is 10.2 Å². The van der Waals surface area contributed by atoms with Gasteiger partial charge in [0.05, 0.1) is 6.20 Å². The van der Waals surface area contributed by atoms with Crippen LogP contribution in [0.15, 0.2) is 53.0 Å². The summed E-state index contributed by atoms with van der Waals surface area (Å²) >= 11 is 0. The van der Waals surface area contributed by atoms with Crippen LogP contribution in [0.4, 0.5) is 4.39 Å². The molecule has 138 valence electrons. The van der Waals surface area contributed by atoms with Crippen LogP contribution in [0, 0.1) is 18.2 Å². The van der Waals surface area contributed by atoms with E-state index >= 15 is 0 Å². The molecule has 0 aliphatic carbocycles. The number of hydrogen-bond acceptors (Lipinski definition) is 5. The third-order valence-corrected chi connectivity index (χ3v) is 4.15. The summed E-state index contributed by atoms with van der Waals surface area (Å²) in [6.07, 6.45) is 10.4. The van der Waals surface area contributed by atoms with Crippen molar-refractivity contribution in [1.82, 2.24) is 10.3 Å². The molecule has 0 unspecified atom stereocenters. The Labute approximate surface area is 156 Å². The topological polar surface area (TPSA) is 75.9 Å². The first-order valence-corrected chi connectivity index (χ1v) is 8.61. The van der Waals surface area contributed by atoms with Crippen LogP contribution in [0.25, 0.3) is 0 Å². The van der Waals surface area contributed by atoms with Crippen molar-refractivity contribution in [1.29, 1.82) is 0 Å². The molecule has 1 amide bonds. The summed E-state index contributed by atoms with van der Waals surface area (Å²) in [4.78, 5) is 15.9. The average molecular weight is 366 g/mol. The van der Waals surface area contributed by atoms with Gasteiger partial charge in [0, 0.05) is 38.4 Å². The number of ether oxygens (including phenoxy) is 1. The molecule has 0 radical (unpaired) electrons. The molecule has 6 nitrogen and oxygen atoms in total. The summed E-state index contributed by atoms with van der Waals surface area (Å²) in [5, 5.41) is 10.8. The van der Waals surface area contributed by atoms with Gasteiger partial charge in [-0.05, 0) is 29.8 Å². The Hall–Kier alpha value is -3.27. The molecule has 1 N–H and O–H groups in total. The first-order chi connectivity index (χ1) is 13.1. The molecule has 2 aromatic rings. The molecule has 0 saturated carbocycles. The number of terminal acetylenes is 1. The zero-order valence-electron chi connectivity index (χ0n) is 14.7. The standard InChI is InChI=1S/C20H19FN4O2/c1-2-3-9-20(24-25-20)10-8-19(26)23-13-15-6-7-18(17(21)12-15)27-16-5-4-11-22-14-16/h1,4-7,11-12,14H,3,8-10,13H2,(H,23,26). The van der Waals surface area contributed by atoms with E-state index in [4.69, 9.17) is 11.2 Å². The van der Waals surface area contributed by atoms with Crippen LogP contribution in [0.3, 0.4) is 0 Å². The van der Waals surface area contributed by atoms with Gasteiger partial charge in [-0.25, -0.2) is 4.39 Å². The second-order valence-corrected chi connectivity index (χ2v) is 6.22. The highest BCUT2D eigenvalue weighted by Gasteiger charge is 2.39. The van der Waals surface area contributed by atoms with Crippen molar-refractivity contribution in [2.24, 2.45) is 10.2 Å². The van der Waals surface area contributed by atoms with Crippen molar-refractivity contribution < 1.29 is 13.9 Å². The fourth-order valence-electron chi connectivity index (χ4n) is 2.54. The van der Waals surface area contributed by atoms with Crippen molar-refractivity contribution in [3.8, 4) is 23.8 Å². The number of nitrogens with zero attached hydrogens (tertiary/aromatic N) is 3. The number of amides is 1. The van der Waals surface area contributed by atoms with Crippen molar-refractivity contribution in [3.05, 3.63) is 54.1 Å². The van der Waals surface area contributed by atoms with Gasteiger partial charge in [0.25, 0.3) is 0 Å².